The number of carbonyl (C=O) groups is 1. The van der Waals surface area contributed by atoms with Crippen molar-refractivity contribution in [3.63, 3.8) is 0 Å². The highest BCUT2D eigenvalue weighted by Gasteiger charge is 2.29. The average Bonchev–Trinajstić information content (AvgIpc) is 2.89. The molecule has 2 aromatic rings. The van der Waals surface area contributed by atoms with Crippen LogP contribution in [0, 0.1) is 0 Å². The fourth-order valence-corrected chi connectivity index (χ4v) is 2.51. The van der Waals surface area contributed by atoms with Crippen molar-refractivity contribution >= 4 is 17.4 Å². The minimum Gasteiger partial charge on any atom is -0.497 e. The maximum absolute atomic E-state index is 12.5. The minimum atomic E-state index is -0.0248. The molecule has 114 valence electrons. The van der Waals surface area contributed by atoms with Gasteiger partial charge in [0, 0.05) is 25.8 Å². The van der Waals surface area contributed by atoms with Gasteiger partial charge in [-0.1, -0.05) is 12.1 Å². The topological polar surface area (TPSA) is 71.7 Å². The van der Waals surface area contributed by atoms with Gasteiger partial charge < -0.3 is 15.4 Å². The number of nitrogen functional groups attached to an aromatic ring is 1. The van der Waals surface area contributed by atoms with Gasteiger partial charge in [0.1, 0.15) is 5.75 Å². The van der Waals surface area contributed by atoms with Crippen molar-refractivity contribution in [3.8, 4) is 5.75 Å². The van der Waals surface area contributed by atoms with E-state index in [4.69, 9.17) is 10.5 Å². The van der Waals surface area contributed by atoms with E-state index in [0.29, 0.717) is 25.3 Å². The largest absolute Gasteiger partial charge is 0.497 e. The predicted octanol–water partition coefficient (Wildman–Crippen LogP) is 2.11. The first-order chi connectivity index (χ1) is 10.7. The summed E-state index contributed by atoms with van der Waals surface area (Å²) in [6.07, 6.45) is 3.23. The number of nitrogens with two attached hydrogens (primary N) is 1. The van der Waals surface area contributed by atoms with Gasteiger partial charge in [-0.2, -0.15) is 0 Å². The molecule has 1 fully saturated rings. The van der Waals surface area contributed by atoms with Gasteiger partial charge >= 0.3 is 6.03 Å². The van der Waals surface area contributed by atoms with Crippen molar-refractivity contribution in [3.05, 3.63) is 48.3 Å². The summed E-state index contributed by atoms with van der Waals surface area (Å²) in [5.41, 5.74) is 8.10. The first-order valence-corrected chi connectivity index (χ1v) is 7.07. The highest BCUT2D eigenvalue weighted by molar-refractivity contribution is 5.94. The molecular weight excluding hydrogens is 280 g/mol. The summed E-state index contributed by atoms with van der Waals surface area (Å²) in [5, 5.41) is 0. The van der Waals surface area contributed by atoms with Crippen LogP contribution in [-0.4, -0.2) is 36.1 Å². The van der Waals surface area contributed by atoms with Crippen molar-refractivity contribution in [2.24, 2.45) is 0 Å². The normalized spacial score (nSPS) is 14.5. The van der Waals surface area contributed by atoms with Crippen LogP contribution in [0.2, 0.25) is 0 Å². The Labute approximate surface area is 129 Å². The van der Waals surface area contributed by atoms with Crippen molar-refractivity contribution in [1.29, 1.82) is 0 Å². The smallest absolute Gasteiger partial charge is 0.324 e. The molecule has 2 heterocycles. The van der Waals surface area contributed by atoms with Crippen molar-refractivity contribution in [1.82, 2.24) is 9.88 Å². The van der Waals surface area contributed by atoms with Crippen molar-refractivity contribution in [2.75, 3.05) is 30.8 Å². The first-order valence-electron chi connectivity index (χ1n) is 7.07. The number of rotatable bonds is 4. The van der Waals surface area contributed by atoms with Crippen LogP contribution >= 0.6 is 0 Å². The summed E-state index contributed by atoms with van der Waals surface area (Å²) in [4.78, 5) is 20.1. The molecule has 0 saturated carbocycles. The molecule has 1 aliphatic rings. The van der Waals surface area contributed by atoms with E-state index < -0.39 is 0 Å². The summed E-state index contributed by atoms with van der Waals surface area (Å²) in [6.45, 7) is 1.90. The van der Waals surface area contributed by atoms with E-state index in [1.807, 2.05) is 29.2 Å². The number of urea groups is 1. The summed E-state index contributed by atoms with van der Waals surface area (Å²) in [5.74, 6) is 0.809. The molecule has 0 bridgehead atoms. The number of hydrogen-bond donors (Lipinski definition) is 1. The van der Waals surface area contributed by atoms with Crippen LogP contribution in [0.15, 0.2) is 42.7 Å². The molecule has 0 spiro atoms. The van der Waals surface area contributed by atoms with Gasteiger partial charge in [0.25, 0.3) is 0 Å². The van der Waals surface area contributed by atoms with Gasteiger partial charge in [0.05, 0.1) is 24.7 Å². The predicted molar refractivity (Wildman–Crippen MR) is 84.8 cm³/mol. The molecule has 1 aromatic carbocycles. The Bertz CT molecular complexity index is 672. The lowest BCUT2D eigenvalue weighted by Gasteiger charge is -2.18. The van der Waals surface area contributed by atoms with E-state index in [0.717, 1.165) is 17.0 Å². The van der Waals surface area contributed by atoms with E-state index in [2.05, 4.69) is 4.98 Å². The summed E-state index contributed by atoms with van der Waals surface area (Å²) in [6, 6.07) is 9.48. The van der Waals surface area contributed by atoms with E-state index in [-0.39, 0.29) is 6.03 Å². The van der Waals surface area contributed by atoms with Crippen LogP contribution in [0.25, 0.3) is 0 Å². The molecule has 0 aliphatic carbocycles. The number of hydrogen-bond acceptors (Lipinski definition) is 4. The van der Waals surface area contributed by atoms with Crippen LogP contribution in [0.4, 0.5) is 16.2 Å². The van der Waals surface area contributed by atoms with E-state index in [1.165, 1.54) is 0 Å². The maximum atomic E-state index is 12.5. The molecule has 6 nitrogen and oxygen atoms in total. The number of pyridine rings is 1. The lowest BCUT2D eigenvalue weighted by molar-refractivity contribution is 0.219. The third kappa shape index (κ3) is 2.81. The maximum Gasteiger partial charge on any atom is 0.324 e. The molecule has 1 aromatic heterocycles. The lowest BCUT2D eigenvalue weighted by atomic mass is 10.2. The number of methoxy groups -OCH3 is 1. The first kappa shape index (κ1) is 14.2. The molecular formula is C16H18N4O2. The van der Waals surface area contributed by atoms with Crippen LogP contribution in [0.1, 0.15) is 5.56 Å². The Morgan fingerprint density at radius 1 is 1.23 bits per heavy atom. The average molecular weight is 298 g/mol. The zero-order valence-electron chi connectivity index (χ0n) is 12.4. The van der Waals surface area contributed by atoms with Gasteiger partial charge in [-0.3, -0.25) is 9.88 Å². The van der Waals surface area contributed by atoms with Gasteiger partial charge in [0.2, 0.25) is 0 Å². The number of nitrogens with zero attached hydrogens (tertiary/aromatic N) is 3. The fourth-order valence-electron chi connectivity index (χ4n) is 2.51. The molecule has 1 saturated heterocycles. The van der Waals surface area contributed by atoms with Crippen LogP contribution in [0.5, 0.6) is 5.75 Å². The molecule has 22 heavy (non-hydrogen) atoms. The number of anilines is 2. The number of aromatic nitrogens is 1. The van der Waals surface area contributed by atoms with E-state index >= 15 is 0 Å². The number of benzene rings is 1. The minimum absolute atomic E-state index is 0.0248. The summed E-state index contributed by atoms with van der Waals surface area (Å²) in [7, 11) is 1.64. The van der Waals surface area contributed by atoms with Gasteiger partial charge in [-0.15, -0.1) is 0 Å². The molecule has 2 N–H and O–H groups in total. The second kappa shape index (κ2) is 5.93. The number of ether oxygens (including phenoxy) is 1. The molecule has 2 amide bonds. The SMILES string of the molecule is COc1ccc(CN2CCN(c3cncc(N)c3)C2=O)cc1. The lowest BCUT2D eigenvalue weighted by Crippen LogP contribution is -2.31. The fraction of sp³-hybridized carbons (Fsp3) is 0.250. The van der Waals surface area contributed by atoms with Gasteiger partial charge in [0.15, 0.2) is 0 Å². The summed E-state index contributed by atoms with van der Waals surface area (Å²) < 4.78 is 5.14. The van der Waals surface area contributed by atoms with E-state index in [1.54, 1.807) is 30.5 Å². The van der Waals surface area contributed by atoms with Crippen molar-refractivity contribution < 1.29 is 9.53 Å². The number of amides is 2. The Morgan fingerprint density at radius 3 is 2.68 bits per heavy atom. The second-order valence-corrected chi connectivity index (χ2v) is 5.18. The van der Waals surface area contributed by atoms with Gasteiger partial charge in [-0.05, 0) is 23.8 Å². The van der Waals surface area contributed by atoms with Crippen LogP contribution in [-0.2, 0) is 6.54 Å². The monoisotopic (exact) mass is 298 g/mol. The quantitative estimate of drug-likeness (QED) is 0.938. The molecule has 0 atom stereocenters. The molecule has 6 heteroatoms. The second-order valence-electron chi connectivity index (χ2n) is 5.18. The Kier molecular flexibility index (Phi) is 3.82. The standard InChI is InChI=1S/C16H18N4O2/c1-22-15-4-2-12(3-5-15)11-19-6-7-20(16(19)21)14-8-13(17)9-18-10-14/h2-5,8-10H,6-7,11,17H2,1H3. The number of carbonyl (C=O) groups excluding carboxylic acids is 1. The Morgan fingerprint density at radius 2 is 2.00 bits per heavy atom. The van der Waals surface area contributed by atoms with Crippen molar-refractivity contribution in [2.45, 2.75) is 6.54 Å². The third-order valence-corrected chi connectivity index (χ3v) is 3.68. The molecule has 1 aliphatic heterocycles. The van der Waals surface area contributed by atoms with Crippen LogP contribution in [0.3, 0.4) is 0 Å². The molecule has 3 rings (SSSR count). The Balaban J connectivity index is 1.70. The zero-order chi connectivity index (χ0) is 15.5. The van der Waals surface area contributed by atoms with Crippen LogP contribution < -0.4 is 15.4 Å². The molecule has 0 unspecified atom stereocenters. The highest BCUT2D eigenvalue weighted by atomic mass is 16.5. The Hall–Kier alpha value is -2.76. The van der Waals surface area contributed by atoms with Gasteiger partial charge in [-0.25, -0.2) is 4.79 Å². The molecule has 0 radical (unpaired) electrons. The zero-order valence-corrected chi connectivity index (χ0v) is 12.4. The third-order valence-electron chi connectivity index (χ3n) is 3.68. The van der Waals surface area contributed by atoms with E-state index in [9.17, 15) is 4.79 Å². The summed E-state index contributed by atoms with van der Waals surface area (Å²) >= 11 is 0. The highest BCUT2D eigenvalue weighted by Crippen LogP contribution is 2.23.